The van der Waals surface area contributed by atoms with Crippen LogP contribution in [-0.4, -0.2) is 27.0 Å². The van der Waals surface area contributed by atoms with Crippen molar-refractivity contribution in [2.45, 2.75) is 6.61 Å². The van der Waals surface area contributed by atoms with Crippen molar-refractivity contribution < 1.29 is 4.74 Å². The van der Waals surface area contributed by atoms with Crippen molar-refractivity contribution in [3.63, 3.8) is 0 Å². The van der Waals surface area contributed by atoms with Gasteiger partial charge in [0.25, 0.3) is 0 Å². The summed E-state index contributed by atoms with van der Waals surface area (Å²) in [6.45, 7) is 0.432. The van der Waals surface area contributed by atoms with E-state index in [-0.39, 0.29) is 0 Å². The van der Waals surface area contributed by atoms with Crippen LogP contribution < -0.4 is 0 Å². The van der Waals surface area contributed by atoms with Gasteiger partial charge in [0.2, 0.25) is 0 Å². The molecule has 8 bridgehead atoms. The Labute approximate surface area is 296 Å². The van der Waals surface area contributed by atoms with Crippen molar-refractivity contribution in [1.29, 1.82) is 0 Å². The first-order valence-electron chi connectivity index (χ1n) is 17.1. The summed E-state index contributed by atoms with van der Waals surface area (Å²) in [6.07, 6.45) is 8.49. The van der Waals surface area contributed by atoms with E-state index in [0.29, 0.717) is 6.61 Å². The van der Waals surface area contributed by atoms with E-state index in [2.05, 4.69) is 156 Å². The highest BCUT2D eigenvalue weighted by Gasteiger charge is 2.20. The molecule has 0 atom stereocenters. The average molecular weight is 659 g/mol. The molecule has 4 aromatic carbocycles. The van der Waals surface area contributed by atoms with E-state index in [1.165, 1.54) is 0 Å². The van der Waals surface area contributed by atoms with Crippen molar-refractivity contribution in [3.05, 3.63) is 168 Å². The second-order valence-corrected chi connectivity index (χ2v) is 12.7. The van der Waals surface area contributed by atoms with Gasteiger partial charge < -0.3 is 14.7 Å². The predicted molar refractivity (Wildman–Crippen MR) is 211 cm³/mol. The second-order valence-electron chi connectivity index (χ2n) is 12.7. The summed E-state index contributed by atoms with van der Waals surface area (Å²) in [6, 6.07) is 48.5. The molecule has 7 aromatic rings. The van der Waals surface area contributed by atoms with Crippen molar-refractivity contribution in [2.75, 3.05) is 7.11 Å². The van der Waals surface area contributed by atoms with E-state index >= 15 is 0 Å². The summed E-state index contributed by atoms with van der Waals surface area (Å²) in [7, 11) is 1.75. The highest BCUT2D eigenvalue weighted by Crippen LogP contribution is 2.39. The third-order valence-corrected chi connectivity index (χ3v) is 9.50. The van der Waals surface area contributed by atoms with E-state index < -0.39 is 0 Å². The summed E-state index contributed by atoms with van der Waals surface area (Å²) in [4.78, 5) is 18.5. The molecule has 51 heavy (non-hydrogen) atoms. The fraction of sp³-hybridized carbons (Fsp3) is 0.0435. The number of hydrogen-bond acceptors (Lipinski definition) is 3. The van der Waals surface area contributed by atoms with Crippen molar-refractivity contribution in [2.24, 2.45) is 0 Å². The van der Waals surface area contributed by atoms with Gasteiger partial charge in [0.15, 0.2) is 0 Å². The van der Waals surface area contributed by atoms with Gasteiger partial charge in [0, 0.05) is 51.5 Å². The number of nitrogens with one attached hydrogen (secondary N) is 2. The molecule has 0 fully saturated rings. The van der Waals surface area contributed by atoms with Crippen molar-refractivity contribution in [3.8, 4) is 44.5 Å². The monoisotopic (exact) mass is 658 g/mol. The molecule has 9 rings (SSSR count). The molecule has 0 aliphatic carbocycles. The van der Waals surface area contributed by atoms with Crippen LogP contribution >= 0.6 is 0 Å². The zero-order chi connectivity index (χ0) is 34.1. The van der Waals surface area contributed by atoms with Gasteiger partial charge in [0.05, 0.1) is 34.9 Å². The number of H-pyrrole nitrogens is 2. The van der Waals surface area contributed by atoms with Gasteiger partial charge in [-0.05, 0) is 64.8 Å². The fourth-order valence-electron chi connectivity index (χ4n) is 7.26. The minimum Gasteiger partial charge on any atom is -0.380 e. The smallest absolute Gasteiger partial charge is 0.0738 e. The lowest BCUT2D eigenvalue weighted by molar-refractivity contribution is 0.186. The van der Waals surface area contributed by atoms with Gasteiger partial charge in [-0.2, -0.15) is 0 Å². The van der Waals surface area contributed by atoms with Crippen molar-refractivity contribution in [1.82, 2.24) is 19.9 Å². The largest absolute Gasteiger partial charge is 0.380 e. The Bertz CT molecular complexity index is 2620. The molecular weight excluding hydrogens is 625 g/mol. The van der Waals surface area contributed by atoms with Crippen LogP contribution in [0.4, 0.5) is 0 Å². The third-order valence-electron chi connectivity index (χ3n) is 9.50. The maximum absolute atomic E-state index is 5.84. The molecule has 244 valence electrons. The van der Waals surface area contributed by atoms with E-state index in [1.807, 2.05) is 18.2 Å². The highest BCUT2D eigenvalue weighted by atomic mass is 16.5. The lowest BCUT2D eigenvalue weighted by Gasteiger charge is -2.07. The predicted octanol–water partition coefficient (Wildman–Crippen LogP) is 11.5. The highest BCUT2D eigenvalue weighted by molar-refractivity contribution is 6.01. The van der Waals surface area contributed by atoms with Crippen LogP contribution in [0.2, 0.25) is 0 Å². The Morgan fingerprint density at radius 2 is 0.843 bits per heavy atom. The number of hydrogen-bond donors (Lipinski definition) is 2. The normalized spacial score (nSPS) is 12.0. The molecule has 5 heterocycles. The molecule has 0 radical (unpaired) electrons. The quantitative estimate of drug-likeness (QED) is 0.187. The lowest BCUT2D eigenvalue weighted by atomic mass is 10.0. The summed E-state index contributed by atoms with van der Waals surface area (Å²) >= 11 is 0. The summed E-state index contributed by atoms with van der Waals surface area (Å²) in [5, 5.41) is 0. The van der Waals surface area contributed by atoms with Crippen LogP contribution in [0.3, 0.4) is 0 Å². The average Bonchev–Trinajstić information content (AvgIpc) is 4.01. The molecule has 2 aliphatic heterocycles. The van der Waals surface area contributed by atoms with Gasteiger partial charge in [0.1, 0.15) is 0 Å². The summed E-state index contributed by atoms with van der Waals surface area (Å²) < 4.78 is 5.84. The van der Waals surface area contributed by atoms with Gasteiger partial charge in [-0.3, -0.25) is 0 Å². The second kappa shape index (κ2) is 13.0. The molecule has 5 nitrogen and oxygen atoms in total. The Morgan fingerprint density at radius 3 is 1.35 bits per heavy atom. The van der Waals surface area contributed by atoms with Crippen LogP contribution in [0.5, 0.6) is 0 Å². The molecule has 2 aliphatic rings. The van der Waals surface area contributed by atoms with Gasteiger partial charge in [-0.25, -0.2) is 9.97 Å². The van der Waals surface area contributed by atoms with Gasteiger partial charge in [-0.1, -0.05) is 121 Å². The van der Waals surface area contributed by atoms with Crippen LogP contribution in [0.25, 0.3) is 90.9 Å². The molecular formula is C46H34N4O. The number of methoxy groups -OCH3 is 1. The van der Waals surface area contributed by atoms with E-state index in [0.717, 1.165) is 94.9 Å². The number of aromatic nitrogens is 4. The molecule has 5 heteroatoms. The van der Waals surface area contributed by atoms with Crippen LogP contribution in [-0.2, 0) is 11.3 Å². The Balaban J connectivity index is 1.51. The Kier molecular flexibility index (Phi) is 7.80. The number of fused-ring (bicyclic) bond motifs is 8. The summed E-state index contributed by atoms with van der Waals surface area (Å²) in [5.41, 5.74) is 16.8. The third kappa shape index (κ3) is 5.60. The standard InChI is InChI=1S/C46H34N4O/c1-51-29-34-28-41-44(32-18-10-4-11-19-32)39-25-24-37(48-39)42(30-14-6-2-7-15-30)35-22-23-36(47-35)43(31-16-8-3-9-17-31)38-26-27-40(49-38)45(46(34)50-41)33-20-12-5-13-21-33/h2-28,48,50H,29H2,1H3. The number of nitrogens with zero attached hydrogens (tertiary/aromatic N) is 2. The van der Waals surface area contributed by atoms with Gasteiger partial charge in [-0.15, -0.1) is 0 Å². The molecule has 0 saturated carbocycles. The number of ether oxygens (including phenoxy) is 1. The minimum atomic E-state index is 0.432. The molecule has 0 saturated heterocycles. The SMILES string of the molecule is COCc1cc2[nH]c1c(-c1ccccc1)c1nc(c(-c3ccccc3)c3nc(c(-c4ccccc4)c4ccc([nH]4)c2-c2ccccc2)C=C3)C=C1. The Hall–Kier alpha value is -6.56. The first-order chi connectivity index (χ1) is 25.2. The zero-order valence-corrected chi connectivity index (χ0v) is 28.1. The molecule has 3 aromatic heterocycles. The van der Waals surface area contributed by atoms with E-state index in [9.17, 15) is 0 Å². The van der Waals surface area contributed by atoms with Crippen LogP contribution in [0.15, 0.2) is 140 Å². The van der Waals surface area contributed by atoms with Gasteiger partial charge >= 0.3 is 0 Å². The first kappa shape index (κ1) is 30.5. The van der Waals surface area contributed by atoms with Crippen LogP contribution in [0.1, 0.15) is 28.3 Å². The minimum absolute atomic E-state index is 0.432. The van der Waals surface area contributed by atoms with Crippen molar-refractivity contribution >= 4 is 46.4 Å². The van der Waals surface area contributed by atoms with E-state index in [4.69, 9.17) is 14.7 Å². The molecule has 0 spiro atoms. The first-order valence-corrected chi connectivity index (χ1v) is 17.1. The lowest BCUT2D eigenvalue weighted by Crippen LogP contribution is -1.92. The van der Waals surface area contributed by atoms with E-state index in [1.54, 1.807) is 7.11 Å². The van der Waals surface area contributed by atoms with Crippen LogP contribution in [0, 0.1) is 0 Å². The number of aromatic amines is 2. The summed E-state index contributed by atoms with van der Waals surface area (Å²) in [5.74, 6) is 0. The topological polar surface area (TPSA) is 66.6 Å². The molecule has 2 N–H and O–H groups in total. The maximum atomic E-state index is 5.84. The Morgan fingerprint density at radius 1 is 0.431 bits per heavy atom. The zero-order valence-electron chi connectivity index (χ0n) is 28.1. The fourth-order valence-corrected chi connectivity index (χ4v) is 7.26. The molecule has 0 amide bonds. The maximum Gasteiger partial charge on any atom is 0.0738 e. The molecule has 0 unspecified atom stereocenters. The number of rotatable bonds is 6. The number of benzene rings is 4.